The minimum Gasteiger partial charge on any atom is -0.507 e. The summed E-state index contributed by atoms with van der Waals surface area (Å²) in [4.78, 5) is 11.1. The van der Waals surface area contributed by atoms with E-state index >= 15 is 0 Å². The molecule has 0 saturated carbocycles. The van der Waals surface area contributed by atoms with Crippen molar-refractivity contribution in [1.82, 2.24) is 0 Å². The van der Waals surface area contributed by atoms with E-state index in [4.69, 9.17) is 4.74 Å². The number of aldehydes is 1. The second-order valence-corrected chi connectivity index (χ2v) is 6.02. The topological polar surface area (TPSA) is 46.5 Å². The molecule has 0 bridgehead atoms. The minimum absolute atomic E-state index is 0.0483. The first-order valence-corrected chi connectivity index (χ1v) is 8.55. The predicted octanol–water partition coefficient (Wildman–Crippen LogP) is 5.74. The number of carbonyl (C=O) groups is 1. The monoisotopic (exact) mass is 356 g/mol. The van der Waals surface area contributed by atoms with Crippen molar-refractivity contribution >= 4 is 18.4 Å². The maximum absolute atomic E-state index is 11.1. The van der Waals surface area contributed by atoms with Crippen molar-refractivity contribution in [2.45, 2.75) is 6.61 Å². The molecule has 0 radical (unpaired) electrons. The average Bonchev–Trinajstić information content (AvgIpc) is 2.72. The van der Waals surface area contributed by atoms with Gasteiger partial charge in [0.2, 0.25) is 0 Å². The molecular formula is C24H20O3. The highest BCUT2D eigenvalue weighted by molar-refractivity contribution is 5.87. The summed E-state index contributed by atoms with van der Waals surface area (Å²) >= 11 is 0. The smallest absolute Gasteiger partial charge is 0.153 e. The van der Waals surface area contributed by atoms with E-state index < -0.39 is 0 Å². The van der Waals surface area contributed by atoms with Crippen LogP contribution in [0.4, 0.5) is 0 Å². The molecule has 0 aromatic heterocycles. The molecule has 0 aliphatic heterocycles. The van der Waals surface area contributed by atoms with Crippen LogP contribution in [-0.2, 0) is 6.61 Å². The van der Waals surface area contributed by atoms with Gasteiger partial charge in [0.1, 0.15) is 18.1 Å². The van der Waals surface area contributed by atoms with Crippen LogP contribution in [0.1, 0.15) is 27.0 Å². The SMILES string of the molecule is C=Cc1ccc(COc2ccccc2-c2cccc(C=O)c2O)cc1C=C. The second-order valence-electron chi connectivity index (χ2n) is 6.02. The third kappa shape index (κ3) is 3.82. The van der Waals surface area contributed by atoms with Crippen molar-refractivity contribution in [3.8, 4) is 22.6 Å². The van der Waals surface area contributed by atoms with Gasteiger partial charge < -0.3 is 9.84 Å². The molecule has 0 aliphatic rings. The maximum atomic E-state index is 11.1. The average molecular weight is 356 g/mol. The summed E-state index contributed by atoms with van der Waals surface area (Å²) in [6, 6.07) is 18.5. The molecule has 3 heteroatoms. The molecule has 27 heavy (non-hydrogen) atoms. The fourth-order valence-electron chi connectivity index (χ4n) is 2.93. The van der Waals surface area contributed by atoms with E-state index in [0.717, 1.165) is 22.3 Å². The molecule has 0 atom stereocenters. The van der Waals surface area contributed by atoms with Gasteiger partial charge in [-0.1, -0.05) is 67.8 Å². The molecule has 0 saturated heterocycles. The lowest BCUT2D eigenvalue weighted by Gasteiger charge is -2.14. The lowest BCUT2D eigenvalue weighted by atomic mass is 10.0. The van der Waals surface area contributed by atoms with Gasteiger partial charge >= 0.3 is 0 Å². The third-order valence-electron chi connectivity index (χ3n) is 4.36. The van der Waals surface area contributed by atoms with E-state index in [1.54, 1.807) is 30.4 Å². The van der Waals surface area contributed by atoms with Crippen LogP contribution in [0.3, 0.4) is 0 Å². The van der Waals surface area contributed by atoms with E-state index in [9.17, 15) is 9.90 Å². The summed E-state index contributed by atoms with van der Waals surface area (Å²) in [7, 11) is 0. The zero-order valence-electron chi connectivity index (χ0n) is 14.9. The molecule has 0 unspecified atom stereocenters. The largest absolute Gasteiger partial charge is 0.507 e. The normalized spacial score (nSPS) is 10.2. The Bertz CT molecular complexity index is 1000. The van der Waals surface area contributed by atoms with Gasteiger partial charge in [-0.05, 0) is 34.9 Å². The zero-order chi connectivity index (χ0) is 19.2. The Morgan fingerprint density at radius 2 is 1.59 bits per heavy atom. The van der Waals surface area contributed by atoms with Crippen LogP contribution in [0.2, 0.25) is 0 Å². The van der Waals surface area contributed by atoms with Crippen LogP contribution in [0.25, 0.3) is 23.3 Å². The van der Waals surface area contributed by atoms with E-state index in [0.29, 0.717) is 24.2 Å². The Labute approximate surface area is 158 Å². The highest BCUT2D eigenvalue weighted by Crippen LogP contribution is 2.37. The molecule has 0 aliphatic carbocycles. The number of benzene rings is 3. The van der Waals surface area contributed by atoms with Crippen LogP contribution in [0.5, 0.6) is 11.5 Å². The molecule has 0 heterocycles. The number of hydrogen-bond acceptors (Lipinski definition) is 3. The lowest BCUT2D eigenvalue weighted by molar-refractivity contribution is 0.112. The highest BCUT2D eigenvalue weighted by Gasteiger charge is 2.13. The zero-order valence-corrected chi connectivity index (χ0v) is 14.9. The molecule has 3 rings (SSSR count). The van der Waals surface area contributed by atoms with Crippen molar-refractivity contribution in [3.63, 3.8) is 0 Å². The van der Waals surface area contributed by atoms with Crippen molar-refractivity contribution in [2.24, 2.45) is 0 Å². The van der Waals surface area contributed by atoms with Gasteiger partial charge in [0.15, 0.2) is 6.29 Å². The standard InChI is InChI=1S/C24H20O3/c1-3-18-13-12-17(14-19(18)4-2)16-27-23-11-6-5-9-21(23)22-10-7-8-20(15-25)24(22)26/h3-15,26H,1-2,16H2. The summed E-state index contributed by atoms with van der Waals surface area (Å²) in [5, 5.41) is 10.4. The Hall–Kier alpha value is -3.59. The molecule has 1 N–H and O–H groups in total. The Kier molecular flexibility index (Phi) is 5.53. The van der Waals surface area contributed by atoms with Crippen molar-refractivity contribution in [3.05, 3.63) is 96.1 Å². The van der Waals surface area contributed by atoms with Crippen molar-refractivity contribution in [2.75, 3.05) is 0 Å². The number of para-hydroxylation sites is 2. The fourth-order valence-corrected chi connectivity index (χ4v) is 2.93. The molecular weight excluding hydrogens is 336 g/mol. The van der Waals surface area contributed by atoms with Crippen molar-refractivity contribution in [1.29, 1.82) is 0 Å². The Morgan fingerprint density at radius 1 is 0.852 bits per heavy atom. The van der Waals surface area contributed by atoms with Gasteiger partial charge in [-0.2, -0.15) is 0 Å². The summed E-state index contributed by atoms with van der Waals surface area (Å²) in [5.74, 6) is 0.580. The van der Waals surface area contributed by atoms with Crippen LogP contribution in [-0.4, -0.2) is 11.4 Å². The molecule has 3 nitrogen and oxygen atoms in total. The number of hydrogen-bond donors (Lipinski definition) is 1. The fraction of sp³-hybridized carbons (Fsp3) is 0.0417. The number of phenolic OH excluding ortho intramolecular Hbond substituents is 1. The summed E-state index contributed by atoms with van der Waals surface area (Å²) in [6.07, 6.45) is 4.22. The van der Waals surface area contributed by atoms with Crippen LogP contribution in [0, 0.1) is 0 Å². The summed E-state index contributed by atoms with van der Waals surface area (Å²) < 4.78 is 6.02. The lowest BCUT2D eigenvalue weighted by Crippen LogP contribution is -1.98. The number of aromatic hydroxyl groups is 1. The first-order chi connectivity index (χ1) is 13.2. The summed E-state index contributed by atoms with van der Waals surface area (Å²) in [6.45, 7) is 8.00. The maximum Gasteiger partial charge on any atom is 0.153 e. The number of phenols is 1. The van der Waals surface area contributed by atoms with Gasteiger partial charge in [0.05, 0.1) is 5.56 Å². The molecule has 0 spiro atoms. The quantitative estimate of drug-likeness (QED) is 0.549. The van der Waals surface area contributed by atoms with E-state index in [2.05, 4.69) is 13.2 Å². The van der Waals surface area contributed by atoms with Crippen LogP contribution >= 0.6 is 0 Å². The molecule has 134 valence electrons. The van der Waals surface area contributed by atoms with Crippen LogP contribution in [0.15, 0.2) is 73.8 Å². The first-order valence-electron chi connectivity index (χ1n) is 8.55. The highest BCUT2D eigenvalue weighted by atomic mass is 16.5. The van der Waals surface area contributed by atoms with E-state index in [-0.39, 0.29) is 11.3 Å². The minimum atomic E-state index is -0.0483. The van der Waals surface area contributed by atoms with Gasteiger partial charge in [0, 0.05) is 11.1 Å². The molecule has 3 aromatic carbocycles. The van der Waals surface area contributed by atoms with Gasteiger partial charge in [0.25, 0.3) is 0 Å². The van der Waals surface area contributed by atoms with Gasteiger partial charge in [-0.15, -0.1) is 0 Å². The van der Waals surface area contributed by atoms with E-state index in [1.807, 2.05) is 42.5 Å². The molecule has 3 aromatic rings. The molecule has 0 amide bonds. The number of carbonyl (C=O) groups excluding carboxylic acids is 1. The second kappa shape index (κ2) is 8.19. The van der Waals surface area contributed by atoms with Gasteiger partial charge in [-0.3, -0.25) is 4.79 Å². The Balaban J connectivity index is 1.91. The van der Waals surface area contributed by atoms with E-state index in [1.165, 1.54) is 0 Å². The third-order valence-corrected chi connectivity index (χ3v) is 4.36. The number of rotatable bonds is 7. The summed E-state index contributed by atoms with van der Waals surface area (Å²) in [5.41, 5.74) is 4.55. The van der Waals surface area contributed by atoms with Crippen LogP contribution < -0.4 is 4.74 Å². The van der Waals surface area contributed by atoms with Crippen molar-refractivity contribution < 1.29 is 14.6 Å². The molecule has 0 fully saturated rings. The Morgan fingerprint density at radius 3 is 2.33 bits per heavy atom. The number of ether oxygens (including phenoxy) is 1. The van der Waals surface area contributed by atoms with Gasteiger partial charge in [-0.25, -0.2) is 0 Å². The first kappa shape index (κ1) is 18.2. The predicted molar refractivity (Wildman–Crippen MR) is 110 cm³/mol.